The number of likely N-dealkylation sites (tertiary alicyclic amines) is 1. The fraction of sp³-hybridized carbons (Fsp3) is 0.917. The number of aliphatic hydroxyl groups is 1. The Kier molecular flexibility index (Phi) is 4.33. The molecule has 0 radical (unpaired) electrons. The number of aliphatic hydroxyl groups excluding tert-OH is 1. The lowest BCUT2D eigenvalue weighted by Crippen LogP contribution is -2.45. The fourth-order valence-corrected chi connectivity index (χ4v) is 1.74. The van der Waals surface area contributed by atoms with Crippen LogP contribution < -0.4 is 5.73 Å². The van der Waals surface area contributed by atoms with E-state index in [2.05, 4.69) is 0 Å². The summed E-state index contributed by atoms with van der Waals surface area (Å²) in [6.45, 7) is 7.47. The van der Waals surface area contributed by atoms with Gasteiger partial charge in [0.1, 0.15) is 0 Å². The number of carbonyl (C=O) groups is 1. The van der Waals surface area contributed by atoms with Gasteiger partial charge in [-0.3, -0.25) is 4.79 Å². The lowest BCUT2D eigenvalue weighted by Gasteiger charge is -2.33. The standard InChI is InChI=1S/C12H24N2O2/c1-12(2,3)10(13)8-11(16)14-6-4-9(15)5-7-14/h9-10,15H,4-8,13H2,1-3H3. The van der Waals surface area contributed by atoms with Crippen molar-refractivity contribution in [1.29, 1.82) is 0 Å². The predicted octanol–water partition coefficient (Wildman–Crippen LogP) is 0.733. The van der Waals surface area contributed by atoms with Crippen LogP contribution in [0.15, 0.2) is 0 Å². The van der Waals surface area contributed by atoms with Gasteiger partial charge in [0.15, 0.2) is 0 Å². The van der Waals surface area contributed by atoms with Crippen molar-refractivity contribution in [2.24, 2.45) is 11.1 Å². The molecular weight excluding hydrogens is 204 g/mol. The maximum atomic E-state index is 11.9. The summed E-state index contributed by atoms with van der Waals surface area (Å²) in [5.74, 6) is 0.120. The first-order valence-electron chi connectivity index (χ1n) is 6.02. The molecule has 0 aromatic carbocycles. The highest BCUT2D eigenvalue weighted by molar-refractivity contribution is 5.77. The third-order valence-corrected chi connectivity index (χ3v) is 3.32. The molecule has 0 aromatic rings. The van der Waals surface area contributed by atoms with Gasteiger partial charge in [0.05, 0.1) is 6.10 Å². The van der Waals surface area contributed by atoms with Crippen LogP contribution in [0.3, 0.4) is 0 Å². The molecule has 0 spiro atoms. The first-order valence-corrected chi connectivity index (χ1v) is 6.02. The molecule has 0 bridgehead atoms. The van der Waals surface area contributed by atoms with Crippen LogP contribution in [0.2, 0.25) is 0 Å². The van der Waals surface area contributed by atoms with Crippen LogP contribution in [0.4, 0.5) is 0 Å². The molecule has 0 aliphatic carbocycles. The van der Waals surface area contributed by atoms with Gasteiger partial charge in [-0.1, -0.05) is 20.8 Å². The largest absolute Gasteiger partial charge is 0.393 e. The number of carbonyl (C=O) groups excluding carboxylic acids is 1. The summed E-state index contributed by atoms with van der Waals surface area (Å²) >= 11 is 0. The second-order valence-electron chi connectivity index (χ2n) is 5.79. The molecule has 1 rings (SSSR count). The van der Waals surface area contributed by atoms with Crippen LogP contribution in [0.5, 0.6) is 0 Å². The highest BCUT2D eigenvalue weighted by atomic mass is 16.3. The van der Waals surface area contributed by atoms with Crippen molar-refractivity contribution < 1.29 is 9.90 Å². The first kappa shape index (κ1) is 13.5. The molecule has 4 nitrogen and oxygen atoms in total. The summed E-state index contributed by atoms with van der Waals surface area (Å²) in [6.07, 6.45) is 1.55. The van der Waals surface area contributed by atoms with Gasteiger partial charge in [-0.15, -0.1) is 0 Å². The minimum absolute atomic E-state index is 0.0367. The lowest BCUT2D eigenvalue weighted by molar-refractivity contribution is -0.134. The molecule has 1 unspecified atom stereocenters. The number of piperidine rings is 1. The Labute approximate surface area is 97.8 Å². The van der Waals surface area contributed by atoms with Gasteiger partial charge in [0.25, 0.3) is 0 Å². The van der Waals surface area contributed by atoms with E-state index in [-0.39, 0.29) is 23.5 Å². The average molecular weight is 228 g/mol. The van der Waals surface area contributed by atoms with Gasteiger partial charge in [-0.2, -0.15) is 0 Å². The van der Waals surface area contributed by atoms with Crippen LogP contribution in [0.1, 0.15) is 40.0 Å². The third-order valence-electron chi connectivity index (χ3n) is 3.32. The van der Waals surface area contributed by atoms with Crippen molar-refractivity contribution in [1.82, 2.24) is 4.90 Å². The molecule has 4 heteroatoms. The van der Waals surface area contributed by atoms with Crippen LogP contribution in [0.25, 0.3) is 0 Å². The van der Waals surface area contributed by atoms with Gasteiger partial charge in [-0.05, 0) is 18.3 Å². The van der Waals surface area contributed by atoms with Gasteiger partial charge >= 0.3 is 0 Å². The zero-order chi connectivity index (χ0) is 12.3. The molecule has 1 aliphatic rings. The molecule has 0 saturated carbocycles. The van der Waals surface area contributed by atoms with Crippen LogP contribution in [0, 0.1) is 5.41 Å². The van der Waals surface area contributed by atoms with Gasteiger partial charge in [0, 0.05) is 25.6 Å². The lowest BCUT2D eigenvalue weighted by atomic mass is 9.85. The minimum atomic E-state index is -0.236. The maximum absolute atomic E-state index is 11.9. The van der Waals surface area contributed by atoms with Crippen molar-refractivity contribution >= 4 is 5.91 Å². The van der Waals surface area contributed by atoms with Crippen molar-refractivity contribution in [3.05, 3.63) is 0 Å². The molecule has 16 heavy (non-hydrogen) atoms. The molecule has 1 amide bonds. The Hall–Kier alpha value is -0.610. The SMILES string of the molecule is CC(C)(C)C(N)CC(=O)N1CCC(O)CC1. The monoisotopic (exact) mass is 228 g/mol. The van der Waals surface area contributed by atoms with E-state index in [1.54, 1.807) is 0 Å². The van der Waals surface area contributed by atoms with Crippen molar-refractivity contribution in [3.63, 3.8) is 0 Å². The van der Waals surface area contributed by atoms with E-state index in [1.807, 2.05) is 25.7 Å². The number of hydrogen-bond acceptors (Lipinski definition) is 3. The summed E-state index contributed by atoms with van der Waals surface area (Å²) in [5.41, 5.74) is 5.95. The van der Waals surface area contributed by atoms with Crippen molar-refractivity contribution in [2.45, 2.75) is 52.2 Å². The number of nitrogens with zero attached hydrogens (tertiary/aromatic N) is 1. The number of amides is 1. The van der Waals surface area contributed by atoms with Gasteiger partial charge in [0.2, 0.25) is 5.91 Å². The summed E-state index contributed by atoms with van der Waals surface area (Å²) in [4.78, 5) is 13.7. The molecule has 1 atom stereocenters. The van der Waals surface area contributed by atoms with E-state index in [9.17, 15) is 9.90 Å². The van der Waals surface area contributed by atoms with Crippen LogP contribution in [-0.2, 0) is 4.79 Å². The third kappa shape index (κ3) is 3.76. The molecule has 3 N–H and O–H groups in total. The van der Waals surface area contributed by atoms with E-state index in [4.69, 9.17) is 5.73 Å². The zero-order valence-electron chi connectivity index (χ0n) is 10.6. The first-order chi connectivity index (χ1) is 7.30. The van der Waals surface area contributed by atoms with Crippen LogP contribution >= 0.6 is 0 Å². The minimum Gasteiger partial charge on any atom is -0.393 e. The van der Waals surface area contributed by atoms with Gasteiger partial charge in [-0.25, -0.2) is 0 Å². The fourth-order valence-electron chi connectivity index (χ4n) is 1.74. The van der Waals surface area contributed by atoms with Crippen molar-refractivity contribution in [2.75, 3.05) is 13.1 Å². The molecule has 1 aliphatic heterocycles. The smallest absolute Gasteiger partial charge is 0.224 e. The van der Waals surface area contributed by atoms with E-state index >= 15 is 0 Å². The highest BCUT2D eigenvalue weighted by Crippen LogP contribution is 2.21. The van der Waals surface area contributed by atoms with E-state index in [0.29, 0.717) is 32.4 Å². The predicted molar refractivity (Wildman–Crippen MR) is 63.9 cm³/mol. The van der Waals surface area contributed by atoms with Crippen molar-refractivity contribution in [3.8, 4) is 0 Å². The average Bonchev–Trinajstić information content (AvgIpc) is 2.17. The number of nitrogens with two attached hydrogens (primary N) is 1. The topological polar surface area (TPSA) is 66.6 Å². The number of rotatable bonds is 2. The Morgan fingerprint density at radius 3 is 2.38 bits per heavy atom. The van der Waals surface area contributed by atoms with E-state index in [0.717, 1.165) is 0 Å². The number of hydrogen-bond donors (Lipinski definition) is 2. The Balaban J connectivity index is 2.41. The Morgan fingerprint density at radius 1 is 1.44 bits per heavy atom. The summed E-state index contributed by atoms with van der Waals surface area (Å²) in [6, 6.07) is -0.105. The second kappa shape index (κ2) is 5.15. The van der Waals surface area contributed by atoms with E-state index in [1.165, 1.54) is 0 Å². The summed E-state index contributed by atoms with van der Waals surface area (Å²) in [7, 11) is 0. The molecule has 1 fully saturated rings. The molecule has 94 valence electrons. The van der Waals surface area contributed by atoms with Gasteiger partial charge < -0.3 is 15.7 Å². The normalized spacial score (nSPS) is 20.9. The quantitative estimate of drug-likeness (QED) is 0.732. The summed E-state index contributed by atoms with van der Waals surface area (Å²) < 4.78 is 0. The zero-order valence-corrected chi connectivity index (χ0v) is 10.6. The molecule has 1 heterocycles. The molecule has 0 aromatic heterocycles. The Bertz CT molecular complexity index is 240. The maximum Gasteiger partial charge on any atom is 0.224 e. The summed E-state index contributed by atoms with van der Waals surface area (Å²) in [5, 5.41) is 9.36. The van der Waals surface area contributed by atoms with E-state index < -0.39 is 0 Å². The molecule has 1 saturated heterocycles. The second-order valence-corrected chi connectivity index (χ2v) is 5.79. The molecular formula is C12H24N2O2. The Morgan fingerprint density at radius 2 is 1.94 bits per heavy atom. The van der Waals surface area contributed by atoms with Crippen LogP contribution in [-0.4, -0.2) is 41.1 Å². The highest BCUT2D eigenvalue weighted by Gasteiger charge is 2.27.